The number of halogens is 1. The molecule has 8 nitrogen and oxygen atoms in total. The Morgan fingerprint density at radius 3 is 2.31 bits per heavy atom. The van der Waals surface area contributed by atoms with E-state index >= 15 is 0 Å². The number of nitrogens with zero attached hydrogens (tertiary/aromatic N) is 4. The molecule has 1 fully saturated rings. The van der Waals surface area contributed by atoms with E-state index in [0.717, 1.165) is 48.3 Å². The third-order valence-electron chi connectivity index (χ3n) is 8.21. The van der Waals surface area contributed by atoms with Crippen LogP contribution < -0.4 is 9.64 Å². The minimum absolute atomic E-state index is 0.185. The van der Waals surface area contributed by atoms with E-state index in [1.165, 1.54) is 12.1 Å². The highest BCUT2D eigenvalue weighted by Gasteiger charge is 2.37. The van der Waals surface area contributed by atoms with Gasteiger partial charge in [0.2, 0.25) is 0 Å². The van der Waals surface area contributed by atoms with Gasteiger partial charge in [-0.25, -0.2) is 18.9 Å². The molecule has 1 atom stereocenters. The van der Waals surface area contributed by atoms with Gasteiger partial charge in [-0.2, -0.15) is 5.10 Å². The van der Waals surface area contributed by atoms with Crippen molar-refractivity contribution in [3.05, 3.63) is 89.6 Å². The average Bonchev–Trinajstić information content (AvgIpc) is 3.52. The van der Waals surface area contributed by atoms with E-state index in [2.05, 4.69) is 23.8 Å². The number of hydrogen-bond donors (Lipinski definition) is 1. The van der Waals surface area contributed by atoms with E-state index in [-0.39, 0.29) is 11.2 Å². The molecular formula is C36H43FN4O4. The lowest BCUT2D eigenvalue weighted by molar-refractivity contribution is -0.160. The van der Waals surface area contributed by atoms with Crippen molar-refractivity contribution in [2.45, 2.75) is 72.5 Å². The van der Waals surface area contributed by atoms with Gasteiger partial charge in [-0.3, -0.25) is 0 Å². The van der Waals surface area contributed by atoms with E-state index in [0.29, 0.717) is 35.9 Å². The number of hydrogen-bond acceptors (Lipinski definition) is 6. The van der Waals surface area contributed by atoms with Crippen LogP contribution in [-0.2, 0) is 16.0 Å². The van der Waals surface area contributed by atoms with Gasteiger partial charge in [-0.15, -0.1) is 0 Å². The summed E-state index contributed by atoms with van der Waals surface area (Å²) in [5.41, 5.74) is 4.08. The van der Waals surface area contributed by atoms with Gasteiger partial charge in [-0.1, -0.05) is 38.1 Å². The third-order valence-corrected chi connectivity index (χ3v) is 8.21. The van der Waals surface area contributed by atoms with Crippen LogP contribution in [0.3, 0.4) is 0 Å². The zero-order chi connectivity index (χ0) is 32.4. The largest absolute Gasteiger partial charge is 0.493 e. The molecule has 0 spiro atoms. The summed E-state index contributed by atoms with van der Waals surface area (Å²) in [7, 11) is 0. The summed E-state index contributed by atoms with van der Waals surface area (Å²) < 4.78 is 27.3. The fourth-order valence-corrected chi connectivity index (χ4v) is 5.73. The molecule has 238 valence electrons. The predicted octanol–water partition coefficient (Wildman–Crippen LogP) is 7.57. The molecule has 4 aromatic rings. The summed E-state index contributed by atoms with van der Waals surface area (Å²) in [5.74, 6) is -0.00428. The Labute approximate surface area is 264 Å². The first-order valence-corrected chi connectivity index (χ1v) is 15.5. The van der Waals surface area contributed by atoms with Crippen LogP contribution in [0.2, 0.25) is 0 Å². The molecule has 9 heteroatoms. The molecule has 1 N–H and O–H groups in total. The highest BCUT2D eigenvalue weighted by Crippen LogP contribution is 2.46. The second-order valence-electron chi connectivity index (χ2n) is 13.5. The van der Waals surface area contributed by atoms with Gasteiger partial charge in [0.15, 0.2) is 11.9 Å². The molecule has 0 aliphatic carbocycles. The molecule has 5 rings (SSSR count). The maximum absolute atomic E-state index is 13.3. The van der Waals surface area contributed by atoms with Crippen LogP contribution in [0, 0.1) is 18.2 Å². The Bertz CT molecular complexity index is 1600. The van der Waals surface area contributed by atoms with Gasteiger partial charge < -0.3 is 19.5 Å². The molecule has 45 heavy (non-hydrogen) atoms. The topological polar surface area (TPSA) is 89.7 Å². The molecule has 2 aromatic carbocycles. The van der Waals surface area contributed by atoms with Crippen LogP contribution >= 0.6 is 0 Å². The Morgan fingerprint density at radius 1 is 1.07 bits per heavy atom. The predicted molar refractivity (Wildman–Crippen MR) is 174 cm³/mol. The normalized spacial score (nSPS) is 15.6. The molecule has 0 saturated carbocycles. The monoisotopic (exact) mass is 614 g/mol. The number of ether oxygens (including phenoxy) is 2. The van der Waals surface area contributed by atoms with E-state index < -0.39 is 17.7 Å². The number of carbonyl (C=O) groups is 1. The van der Waals surface area contributed by atoms with E-state index in [1.54, 1.807) is 23.0 Å². The van der Waals surface area contributed by atoms with Crippen molar-refractivity contribution >= 4 is 11.7 Å². The van der Waals surface area contributed by atoms with Crippen molar-refractivity contribution in [1.29, 1.82) is 0 Å². The lowest BCUT2D eigenvalue weighted by Gasteiger charge is -2.41. The number of aromatic nitrogens is 3. The number of carboxylic acid groups (broad SMARTS) is 1. The number of aryl methyl sites for hydroxylation is 1. The molecule has 0 bridgehead atoms. The number of aliphatic carboxylic acids is 1. The van der Waals surface area contributed by atoms with Crippen molar-refractivity contribution < 1.29 is 23.8 Å². The number of benzene rings is 2. The van der Waals surface area contributed by atoms with Crippen molar-refractivity contribution in [2.24, 2.45) is 5.41 Å². The standard InChI is InChI=1S/C36H43FN4O4/c1-24-29(32(34(42)43)45-35(2,3)4)31(40-21-17-36(5,6)18-22-40)30(33(39-24)41-20-7-19-38-41)26-10-14-28(15-11-26)44-23-16-25-8-12-27(37)13-9-25/h7-15,19-20,32H,16-18,21-23H2,1-6H3,(H,42,43). The van der Waals surface area contributed by atoms with Crippen molar-refractivity contribution in [3.63, 3.8) is 0 Å². The maximum atomic E-state index is 13.3. The van der Waals surface area contributed by atoms with Crippen LogP contribution in [-0.4, -0.2) is 51.1 Å². The summed E-state index contributed by atoms with van der Waals surface area (Å²) in [5, 5.41) is 15.1. The van der Waals surface area contributed by atoms with Crippen LogP contribution in [0.1, 0.15) is 70.4 Å². The Kier molecular flexibility index (Phi) is 9.30. The molecule has 2 aromatic heterocycles. The number of pyridine rings is 1. The highest BCUT2D eigenvalue weighted by atomic mass is 19.1. The first kappa shape index (κ1) is 32.2. The molecule has 0 radical (unpaired) electrons. The summed E-state index contributed by atoms with van der Waals surface area (Å²) >= 11 is 0. The molecular weight excluding hydrogens is 571 g/mol. The van der Waals surface area contributed by atoms with Crippen molar-refractivity contribution in [3.8, 4) is 22.7 Å². The molecule has 1 unspecified atom stereocenters. The smallest absolute Gasteiger partial charge is 0.337 e. The average molecular weight is 615 g/mol. The van der Waals surface area contributed by atoms with E-state index in [9.17, 15) is 14.3 Å². The van der Waals surface area contributed by atoms with Crippen molar-refractivity contribution in [1.82, 2.24) is 14.8 Å². The number of carboxylic acids is 1. The number of anilines is 1. The van der Waals surface area contributed by atoms with Gasteiger partial charge in [0.05, 0.1) is 23.5 Å². The maximum Gasteiger partial charge on any atom is 0.337 e. The summed E-state index contributed by atoms with van der Waals surface area (Å²) in [6, 6.07) is 16.1. The van der Waals surface area contributed by atoms with E-state index in [1.807, 2.05) is 64.2 Å². The first-order chi connectivity index (χ1) is 21.3. The number of piperidine rings is 1. The van der Waals surface area contributed by atoms with Crippen molar-refractivity contribution in [2.75, 3.05) is 24.6 Å². The quantitative estimate of drug-likeness (QED) is 0.197. The molecule has 1 aliphatic heterocycles. The molecule has 3 heterocycles. The first-order valence-electron chi connectivity index (χ1n) is 15.5. The Hall–Kier alpha value is -4.24. The van der Waals surface area contributed by atoms with Gasteiger partial charge in [0.25, 0.3) is 0 Å². The zero-order valence-electron chi connectivity index (χ0n) is 27.0. The number of rotatable bonds is 10. The SMILES string of the molecule is Cc1nc(-n2cccn2)c(-c2ccc(OCCc3ccc(F)cc3)cc2)c(N2CCC(C)(C)CC2)c1C(OC(C)(C)C)C(=O)O. The van der Waals surface area contributed by atoms with Gasteiger partial charge in [-0.05, 0) is 87.4 Å². The summed E-state index contributed by atoms with van der Waals surface area (Å²) in [4.78, 5) is 20.2. The van der Waals surface area contributed by atoms with E-state index in [4.69, 9.17) is 14.5 Å². The fraction of sp³-hybridized carbons (Fsp3) is 0.417. The second kappa shape index (κ2) is 13.0. The van der Waals surface area contributed by atoms with Gasteiger partial charge >= 0.3 is 5.97 Å². The molecule has 1 aliphatic rings. The lowest BCUT2D eigenvalue weighted by Crippen LogP contribution is -2.39. The van der Waals surface area contributed by atoms with Gasteiger partial charge in [0, 0.05) is 43.2 Å². The summed E-state index contributed by atoms with van der Waals surface area (Å²) in [6.07, 6.45) is 4.91. The minimum Gasteiger partial charge on any atom is -0.493 e. The van der Waals surface area contributed by atoms with Gasteiger partial charge in [0.1, 0.15) is 11.6 Å². The third kappa shape index (κ3) is 7.71. The lowest BCUT2D eigenvalue weighted by atomic mass is 9.82. The van der Waals surface area contributed by atoms with Crippen LogP contribution in [0.4, 0.5) is 10.1 Å². The zero-order valence-corrected chi connectivity index (χ0v) is 27.0. The Balaban J connectivity index is 1.61. The van der Waals surface area contributed by atoms with Crippen LogP contribution in [0.15, 0.2) is 67.0 Å². The van der Waals surface area contributed by atoms with Crippen LogP contribution in [0.25, 0.3) is 16.9 Å². The summed E-state index contributed by atoms with van der Waals surface area (Å²) in [6.45, 7) is 14.0. The van der Waals surface area contributed by atoms with Crippen LogP contribution in [0.5, 0.6) is 5.75 Å². The minimum atomic E-state index is -1.22. The molecule has 0 amide bonds. The fourth-order valence-electron chi connectivity index (χ4n) is 5.73. The Morgan fingerprint density at radius 2 is 1.73 bits per heavy atom. The highest BCUT2D eigenvalue weighted by molar-refractivity contribution is 5.90. The molecule has 1 saturated heterocycles. The second-order valence-corrected chi connectivity index (χ2v) is 13.5.